The molecule has 6 heteroatoms. The number of nitro groups is 1. The van der Waals surface area contributed by atoms with E-state index in [1.54, 1.807) is 6.20 Å². The number of hydrogen-bond donors (Lipinski definition) is 1. The van der Waals surface area contributed by atoms with Crippen molar-refractivity contribution >= 4 is 11.8 Å². The van der Waals surface area contributed by atoms with Gasteiger partial charge in [0.2, 0.25) is 0 Å². The Kier molecular flexibility index (Phi) is 3.61. The van der Waals surface area contributed by atoms with Crippen LogP contribution in [0.15, 0.2) is 24.7 Å². The zero-order chi connectivity index (χ0) is 11.3. The van der Waals surface area contributed by atoms with E-state index in [1.165, 1.54) is 12.1 Å². The van der Waals surface area contributed by atoms with Crippen molar-refractivity contribution in [1.82, 2.24) is 5.32 Å². The highest BCUT2D eigenvalue weighted by Crippen LogP contribution is 2.16. The number of rotatable bonds is 4. The molecule has 15 heavy (non-hydrogen) atoms. The summed E-state index contributed by atoms with van der Waals surface area (Å²) in [4.78, 5) is 10.1. The van der Waals surface area contributed by atoms with Crippen LogP contribution in [0.3, 0.4) is 0 Å². The first-order chi connectivity index (χ1) is 7.15. The van der Waals surface area contributed by atoms with E-state index in [1.807, 2.05) is 6.92 Å². The summed E-state index contributed by atoms with van der Waals surface area (Å²) in [6, 6.07) is 1.18. The maximum Gasteiger partial charge on any atom is 0.288 e. The molecule has 6 nitrogen and oxygen atoms in total. The standard InChI is InChI=1S/C9H11N3O3/c1-2-10-5-3-8-7-11(13)6-4-9(8)12(14)15/h3-7,10H,2H2,1H3. The van der Waals surface area contributed by atoms with Crippen molar-refractivity contribution in [3.05, 3.63) is 45.5 Å². The van der Waals surface area contributed by atoms with Crippen molar-refractivity contribution < 1.29 is 9.65 Å². The average Bonchev–Trinajstić information content (AvgIpc) is 2.18. The third-order valence-electron chi connectivity index (χ3n) is 1.72. The molecule has 1 heterocycles. The molecule has 0 aliphatic heterocycles. The SMILES string of the molecule is CCNC=Cc1c[n+]([O-])ccc1[N+](=O)[O-]. The van der Waals surface area contributed by atoms with Crippen molar-refractivity contribution in [2.75, 3.05) is 6.54 Å². The zero-order valence-electron chi connectivity index (χ0n) is 8.21. The molecule has 0 fully saturated rings. The Morgan fingerprint density at radius 1 is 1.67 bits per heavy atom. The highest BCUT2D eigenvalue weighted by molar-refractivity contribution is 5.58. The topological polar surface area (TPSA) is 82.1 Å². The minimum Gasteiger partial charge on any atom is -0.619 e. The maximum atomic E-state index is 10.9. The van der Waals surface area contributed by atoms with Crippen LogP contribution < -0.4 is 10.0 Å². The van der Waals surface area contributed by atoms with E-state index in [2.05, 4.69) is 5.32 Å². The van der Waals surface area contributed by atoms with Crippen LogP contribution in [-0.4, -0.2) is 11.5 Å². The van der Waals surface area contributed by atoms with Crippen LogP contribution in [0.4, 0.5) is 5.69 Å². The van der Waals surface area contributed by atoms with Crippen LogP contribution in [0.25, 0.3) is 6.08 Å². The van der Waals surface area contributed by atoms with Gasteiger partial charge in [0, 0.05) is 6.54 Å². The summed E-state index contributed by atoms with van der Waals surface area (Å²) in [7, 11) is 0. The van der Waals surface area contributed by atoms with E-state index in [9.17, 15) is 15.3 Å². The number of pyridine rings is 1. The van der Waals surface area contributed by atoms with Gasteiger partial charge in [-0.25, -0.2) is 0 Å². The van der Waals surface area contributed by atoms with E-state index in [4.69, 9.17) is 0 Å². The smallest absolute Gasteiger partial charge is 0.288 e. The number of nitrogens with one attached hydrogen (secondary N) is 1. The third kappa shape index (κ3) is 2.94. The molecule has 0 amide bonds. The normalized spacial score (nSPS) is 10.5. The lowest BCUT2D eigenvalue weighted by molar-refractivity contribution is -0.606. The molecule has 0 radical (unpaired) electrons. The van der Waals surface area contributed by atoms with E-state index in [-0.39, 0.29) is 11.3 Å². The number of nitrogens with zero attached hydrogens (tertiary/aromatic N) is 2. The second-order valence-electron chi connectivity index (χ2n) is 2.79. The molecule has 1 rings (SSSR count). The lowest BCUT2D eigenvalue weighted by Crippen LogP contribution is -2.25. The number of hydrogen-bond acceptors (Lipinski definition) is 4. The fourth-order valence-electron chi connectivity index (χ4n) is 1.05. The molecule has 1 aromatic heterocycles. The van der Waals surface area contributed by atoms with Crippen molar-refractivity contribution in [3.8, 4) is 0 Å². The molecule has 0 saturated heterocycles. The lowest BCUT2D eigenvalue weighted by atomic mass is 10.2. The molecule has 0 atom stereocenters. The summed E-state index contributed by atoms with van der Waals surface area (Å²) < 4.78 is 0.526. The Labute approximate surface area is 86.6 Å². The Hall–Kier alpha value is -2.11. The second kappa shape index (κ2) is 4.94. The Balaban J connectivity index is 3.02. The molecule has 0 aromatic carbocycles. The van der Waals surface area contributed by atoms with Crippen LogP contribution in [0.1, 0.15) is 12.5 Å². The predicted molar refractivity (Wildman–Crippen MR) is 54.8 cm³/mol. The third-order valence-corrected chi connectivity index (χ3v) is 1.72. The van der Waals surface area contributed by atoms with Crippen molar-refractivity contribution in [1.29, 1.82) is 0 Å². The van der Waals surface area contributed by atoms with Gasteiger partial charge in [0.25, 0.3) is 5.69 Å². The minimum atomic E-state index is -0.522. The van der Waals surface area contributed by atoms with Crippen molar-refractivity contribution in [3.63, 3.8) is 0 Å². The van der Waals surface area contributed by atoms with Gasteiger partial charge in [0.1, 0.15) is 5.56 Å². The average molecular weight is 209 g/mol. The highest BCUT2D eigenvalue weighted by Gasteiger charge is 2.14. The Morgan fingerprint density at radius 3 is 3.00 bits per heavy atom. The van der Waals surface area contributed by atoms with E-state index >= 15 is 0 Å². The van der Waals surface area contributed by atoms with Gasteiger partial charge >= 0.3 is 0 Å². The van der Waals surface area contributed by atoms with E-state index in [0.29, 0.717) is 11.3 Å². The summed E-state index contributed by atoms with van der Waals surface area (Å²) >= 11 is 0. The van der Waals surface area contributed by atoms with Crippen LogP contribution >= 0.6 is 0 Å². The molecule has 0 saturated carbocycles. The summed E-state index contributed by atoms with van der Waals surface area (Å²) in [5, 5.41) is 24.4. The molecule has 0 aliphatic rings. The fraction of sp³-hybridized carbons (Fsp3) is 0.222. The first-order valence-electron chi connectivity index (χ1n) is 4.42. The Bertz CT molecular complexity index is 390. The molecule has 0 bridgehead atoms. The molecule has 1 aromatic rings. The predicted octanol–water partition coefficient (Wildman–Crippen LogP) is 0.808. The van der Waals surface area contributed by atoms with Gasteiger partial charge in [-0.3, -0.25) is 10.1 Å². The summed E-state index contributed by atoms with van der Waals surface area (Å²) in [5.74, 6) is 0. The summed E-state index contributed by atoms with van der Waals surface area (Å²) in [5.41, 5.74) is 0.190. The van der Waals surface area contributed by atoms with Gasteiger partial charge in [0.15, 0.2) is 12.4 Å². The van der Waals surface area contributed by atoms with Gasteiger partial charge in [-0.15, -0.1) is 0 Å². The second-order valence-corrected chi connectivity index (χ2v) is 2.79. The minimum absolute atomic E-state index is 0.0868. The largest absolute Gasteiger partial charge is 0.619 e. The lowest BCUT2D eigenvalue weighted by Gasteiger charge is -1.98. The van der Waals surface area contributed by atoms with Crippen molar-refractivity contribution in [2.45, 2.75) is 6.92 Å². The van der Waals surface area contributed by atoms with E-state index < -0.39 is 4.92 Å². The van der Waals surface area contributed by atoms with Gasteiger partial charge < -0.3 is 10.5 Å². The quantitative estimate of drug-likeness (QED) is 0.344. The van der Waals surface area contributed by atoms with Gasteiger partial charge in [-0.1, -0.05) is 0 Å². The molecule has 0 unspecified atom stereocenters. The van der Waals surface area contributed by atoms with Gasteiger partial charge in [0.05, 0.1) is 11.0 Å². The highest BCUT2D eigenvalue weighted by atomic mass is 16.6. The molecule has 1 N–H and O–H groups in total. The Morgan fingerprint density at radius 2 is 2.40 bits per heavy atom. The monoisotopic (exact) mass is 209 g/mol. The summed E-state index contributed by atoms with van der Waals surface area (Å²) in [6.45, 7) is 2.62. The van der Waals surface area contributed by atoms with Gasteiger partial charge in [-0.2, -0.15) is 4.73 Å². The molecule has 0 spiro atoms. The first-order valence-corrected chi connectivity index (χ1v) is 4.42. The van der Waals surface area contributed by atoms with Crippen molar-refractivity contribution in [2.24, 2.45) is 0 Å². The van der Waals surface area contributed by atoms with Crippen LogP contribution in [0.2, 0.25) is 0 Å². The molecular formula is C9H11N3O3. The van der Waals surface area contributed by atoms with Crippen LogP contribution in [0, 0.1) is 15.3 Å². The fourth-order valence-corrected chi connectivity index (χ4v) is 1.05. The molecular weight excluding hydrogens is 198 g/mol. The maximum absolute atomic E-state index is 10.9. The zero-order valence-corrected chi connectivity index (χ0v) is 8.21. The van der Waals surface area contributed by atoms with Crippen LogP contribution in [0.5, 0.6) is 0 Å². The molecule has 0 aliphatic carbocycles. The number of aromatic nitrogens is 1. The molecule has 80 valence electrons. The first kappa shape index (κ1) is 11.0. The van der Waals surface area contributed by atoms with E-state index in [0.717, 1.165) is 12.4 Å². The summed E-state index contributed by atoms with van der Waals surface area (Å²) in [6.07, 6.45) is 5.33. The van der Waals surface area contributed by atoms with Crippen LogP contribution in [-0.2, 0) is 0 Å². The van der Waals surface area contributed by atoms with Gasteiger partial charge in [-0.05, 0) is 19.2 Å².